The molecule has 1 N–H and O–H groups in total. The van der Waals surface area contributed by atoms with E-state index in [0.717, 1.165) is 19.4 Å². The van der Waals surface area contributed by atoms with Crippen LogP contribution in [-0.2, 0) is 4.79 Å². The van der Waals surface area contributed by atoms with Crippen molar-refractivity contribution < 1.29 is 4.79 Å². The van der Waals surface area contributed by atoms with Crippen molar-refractivity contribution in [2.45, 2.75) is 10.8 Å². The summed E-state index contributed by atoms with van der Waals surface area (Å²) in [6.07, 6.45) is 0.948. The highest BCUT2D eigenvalue weighted by Gasteiger charge is 1.96. The SMILES string of the molecule is CCNCC(I)C=O. The Balaban J connectivity index is 2.98. The fourth-order valence-electron chi connectivity index (χ4n) is 0.330. The Bertz CT molecular complexity index is 67.4. The summed E-state index contributed by atoms with van der Waals surface area (Å²) < 4.78 is 0.132. The molecule has 0 aliphatic heterocycles. The number of alkyl halides is 1. The van der Waals surface area contributed by atoms with Gasteiger partial charge in [-0.15, -0.1) is 0 Å². The van der Waals surface area contributed by atoms with Crippen molar-refractivity contribution in [2.75, 3.05) is 13.1 Å². The molecular weight excluding hydrogens is 217 g/mol. The topological polar surface area (TPSA) is 29.1 Å². The van der Waals surface area contributed by atoms with E-state index in [1.165, 1.54) is 0 Å². The van der Waals surface area contributed by atoms with Crippen LogP contribution in [0.15, 0.2) is 0 Å². The van der Waals surface area contributed by atoms with E-state index >= 15 is 0 Å². The predicted octanol–water partition coefficient (Wildman–Crippen LogP) is 0.598. The first-order valence-corrected chi connectivity index (χ1v) is 3.86. The van der Waals surface area contributed by atoms with Crippen molar-refractivity contribution >= 4 is 28.9 Å². The van der Waals surface area contributed by atoms with Gasteiger partial charge in [-0.2, -0.15) is 0 Å². The third-order valence-electron chi connectivity index (χ3n) is 0.737. The molecule has 0 saturated carbocycles. The molecule has 0 amide bonds. The van der Waals surface area contributed by atoms with Crippen molar-refractivity contribution in [1.29, 1.82) is 0 Å². The van der Waals surface area contributed by atoms with Crippen molar-refractivity contribution in [3.05, 3.63) is 0 Å². The second kappa shape index (κ2) is 5.50. The standard InChI is InChI=1S/C5H10INO/c1-2-7-3-5(6)4-8/h4-5,7H,2-3H2,1H3. The zero-order valence-electron chi connectivity index (χ0n) is 4.86. The molecule has 0 spiro atoms. The van der Waals surface area contributed by atoms with Crippen LogP contribution in [0.25, 0.3) is 0 Å². The molecule has 1 atom stereocenters. The molecule has 48 valence electrons. The summed E-state index contributed by atoms with van der Waals surface area (Å²) in [5.74, 6) is 0. The lowest BCUT2D eigenvalue weighted by molar-refractivity contribution is -0.107. The second-order valence-electron chi connectivity index (χ2n) is 1.46. The van der Waals surface area contributed by atoms with Crippen molar-refractivity contribution in [2.24, 2.45) is 0 Å². The minimum Gasteiger partial charge on any atom is -0.316 e. The fourth-order valence-corrected chi connectivity index (χ4v) is 0.642. The van der Waals surface area contributed by atoms with Crippen molar-refractivity contribution in [3.63, 3.8) is 0 Å². The Morgan fingerprint density at radius 1 is 1.88 bits per heavy atom. The number of halogens is 1. The van der Waals surface area contributed by atoms with Crippen LogP contribution in [0.4, 0.5) is 0 Å². The number of nitrogens with one attached hydrogen (secondary N) is 1. The quantitative estimate of drug-likeness (QED) is 0.433. The van der Waals surface area contributed by atoms with Gasteiger partial charge in [0.1, 0.15) is 6.29 Å². The Morgan fingerprint density at radius 2 is 2.50 bits per heavy atom. The van der Waals surface area contributed by atoms with Gasteiger partial charge in [-0.1, -0.05) is 29.5 Å². The van der Waals surface area contributed by atoms with E-state index in [1.807, 2.05) is 6.92 Å². The first-order chi connectivity index (χ1) is 3.81. The molecule has 0 aromatic carbocycles. The number of rotatable bonds is 4. The van der Waals surface area contributed by atoms with E-state index in [2.05, 4.69) is 27.9 Å². The summed E-state index contributed by atoms with van der Waals surface area (Å²) >= 11 is 2.10. The molecule has 0 rings (SSSR count). The number of carbonyl (C=O) groups excluding carboxylic acids is 1. The Kier molecular flexibility index (Phi) is 5.74. The van der Waals surface area contributed by atoms with Crippen molar-refractivity contribution in [1.82, 2.24) is 5.32 Å². The molecule has 0 radical (unpaired) electrons. The first kappa shape index (κ1) is 8.36. The van der Waals surface area contributed by atoms with Crippen LogP contribution in [0.2, 0.25) is 0 Å². The van der Waals surface area contributed by atoms with Crippen LogP contribution < -0.4 is 5.32 Å². The van der Waals surface area contributed by atoms with Gasteiger partial charge in [-0.25, -0.2) is 0 Å². The molecule has 8 heavy (non-hydrogen) atoms. The van der Waals surface area contributed by atoms with E-state index in [1.54, 1.807) is 0 Å². The van der Waals surface area contributed by atoms with Crippen LogP contribution >= 0.6 is 22.6 Å². The largest absolute Gasteiger partial charge is 0.316 e. The molecular formula is C5H10INO. The normalized spacial score (nSPS) is 13.2. The van der Waals surface area contributed by atoms with E-state index in [-0.39, 0.29) is 3.92 Å². The molecule has 0 fully saturated rings. The Hall–Kier alpha value is 0.360. The molecule has 0 aromatic heterocycles. The maximum Gasteiger partial charge on any atom is 0.134 e. The van der Waals surface area contributed by atoms with Crippen LogP contribution in [0, 0.1) is 0 Å². The summed E-state index contributed by atoms with van der Waals surface area (Å²) in [4.78, 5) is 9.96. The molecule has 0 saturated heterocycles. The van der Waals surface area contributed by atoms with Crippen LogP contribution in [0.3, 0.4) is 0 Å². The van der Waals surface area contributed by atoms with Gasteiger partial charge in [0.15, 0.2) is 0 Å². The van der Waals surface area contributed by atoms with Gasteiger partial charge < -0.3 is 10.1 Å². The second-order valence-corrected chi connectivity index (χ2v) is 3.06. The molecule has 0 heterocycles. The highest BCUT2D eigenvalue weighted by Crippen LogP contribution is 1.91. The van der Waals surface area contributed by atoms with Gasteiger partial charge in [0.25, 0.3) is 0 Å². The summed E-state index contributed by atoms with van der Waals surface area (Å²) in [5.41, 5.74) is 0. The van der Waals surface area contributed by atoms with E-state index in [9.17, 15) is 4.79 Å². The number of hydrogen-bond acceptors (Lipinski definition) is 2. The summed E-state index contributed by atoms with van der Waals surface area (Å²) in [7, 11) is 0. The van der Waals surface area contributed by atoms with Crippen LogP contribution in [0.5, 0.6) is 0 Å². The molecule has 0 aromatic rings. The van der Waals surface area contributed by atoms with Crippen LogP contribution in [-0.4, -0.2) is 23.3 Å². The lowest BCUT2D eigenvalue weighted by atomic mass is 10.5. The Labute approximate surface area is 63.2 Å². The maximum absolute atomic E-state index is 9.96. The third kappa shape index (κ3) is 4.52. The van der Waals surface area contributed by atoms with Gasteiger partial charge >= 0.3 is 0 Å². The zero-order valence-corrected chi connectivity index (χ0v) is 7.01. The lowest BCUT2D eigenvalue weighted by Gasteiger charge is -1.99. The average Bonchev–Trinajstić information content (AvgIpc) is 1.83. The number of carbonyl (C=O) groups is 1. The average molecular weight is 227 g/mol. The lowest BCUT2D eigenvalue weighted by Crippen LogP contribution is -2.22. The predicted molar refractivity (Wildman–Crippen MR) is 42.4 cm³/mol. The minimum atomic E-state index is 0.132. The van der Waals surface area contributed by atoms with E-state index in [4.69, 9.17) is 0 Å². The molecule has 3 heteroatoms. The summed E-state index contributed by atoms with van der Waals surface area (Å²) in [6, 6.07) is 0. The fraction of sp³-hybridized carbons (Fsp3) is 0.800. The third-order valence-corrected chi connectivity index (χ3v) is 1.47. The van der Waals surface area contributed by atoms with Gasteiger partial charge in [-0.3, -0.25) is 0 Å². The highest BCUT2D eigenvalue weighted by atomic mass is 127. The number of aldehydes is 1. The smallest absolute Gasteiger partial charge is 0.134 e. The van der Waals surface area contributed by atoms with Gasteiger partial charge in [0, 0.05) is 6.54 Å². The highest BCUT2D eigenvalue weighted by molar-refractivity contribution is 14.1. The molecule has 2 nitrogen and oxygen atoms in total. The van der Waals surface area contributed by atoms with Gasteiger partial charge in [0.2, 0.25) is 0 Å². The van der Waals surface area contributed by atoms with Crippen molar-refractivity contribution in [3.8, 4) is 0 Å². The summed E-state index contributed by atoms with van der Waals surface area (Å²) in [5, 5.41) is 3.06. The first-order valence-electron chi connectivity index (χ1n) is 2.61. The molecule has 0 aliphatic rings. The minimum absolute atomic E-state index is 0.132. The number of hydrogen-bond donors (Lipinski definition) is 1. The molecule has 1 unspecified atom stereocenters. The molecule has 0 aliphatic carbocycles. The Morgan fingerprint density at radius 3 is 2.88 bits per heavy atom. The van der Waals surface area contributed by atoms with Gasteiger partial charge in [-0.05, 0) is 6.54 Å². The van der Waals surface area contributed by atoms with E-state index in [0.29, 0.717) is 0 Å². The molecule has 0 bridgehead atoms. The zero-order chi connectivity index (χ0) is 6.41. The maximum atomic E-state index is 9.96. The van der Waals surface area contributed by atoms with Crippen LogP contribution in [0.1, 0.15) is 6.92 Å². The van der Waals surface area contributed by atoms with Gasteiger partial charge in [0.05, 0.1) is 3.92 Å². The summed E-state index contributed by atoms with van der Waals surface area (Å²) in [6.45, 7) is 3.75. The van der Waals surface area contributed by atoms with E-state index < -0.39 is 0 Å². The monoisotopic (exact) mass is 227 g/mol.